The van der Waals surface area contributed by atoms with Gasteiger partial charge in [0.1, 0.15) is 0 Å². The molecule has 6 heteroatoms. The number of benzene rings is 1. The van der Waals surface area contributed by atoms with E-state index >= 15 is 0 Å². The van der Waals surface area contributed by atoms with E-state index in [0.29, 0.717) is 17.0 Å². The molecule has 0 saturated carbocycles. The molecule has 21 heavy (non-hydrogen) atoms. The van der Waals surface area contributed by atoms with Crippen LogP contribution in [0.4, 0.5) is 0 Å². The summed E-state index contributed by atoms with van der Waals surface area (Å²) in [6.07, 6.45) is 4.97. The Bertz CT molecular complexity index is 715. The van der Waals surface area contributed by atoms with E-state index in [1.54, 1.807) is 18.2 Å². The van der Waals surface area contributed by atoms with Gasteiger partial charge in [-0.15, -0.1) is 0 Å². The minimum absolute atomic E-state index is 0.0514. The van der Waals surface area contributed by atoms with Crippen molar-refractivity contribution in [3.05, 3.63) is 34.2 Å². The highest BCUT2D eigenvalue weighted by molar-refractivity contribution is 7.96. The number of carbonyl (C=O) groups is 1. The maximum Gasteiger partial charge on any atom is 0.337 e. The van der Waals surface area contributed by atoms with Crippen molar-refractivity contribution in [3.63, 3.8) is 0 Å². The smallest absolute Gasteiger partial charge is 0.337 e. The Labute approximate surface area is 123 Å². The minimum Gasteiger partial charge on any atom is -0.478 e. The van der Waals surface area contributed by atoms with Gasteiger partial charge in [0.25, 0.3) is 0 Å². The lowest BCUT2D eigenvalue weighted by molar-refractivity contribution is 0.0692. The van der Waals surface area contributed by atoms with Gasteiger partial charge in [-0.05, 0) is 43.6 Å². The average molecular weight is 307 g/mol. The first-order valence-corrected chi connectivity index (χ1v) is 8.53. The number of hydrogen-bond acceptors (Lipinski definition) is 4. The summed E-state index contributed by atoms with van der Waals surface area (Å²) in [7, 11) is -3.68. The molecule has 2 aliphatic heterocycles. The summed E-state index contributed by atoms with van der Waals surface area (Å²) < 4.78 is 25.2. The summed E-state index contributed by atoms with van der Waals surface area (Å²) in [5.41, 5.74) is 0.347. The maximum atomic E-state index is 12.6. The van der Waals surface area contributed by atoms with E-state index in [9.17, 15) is 18.3 Å². The summed E-state index contributed by atoms with van der Waals surface area (Å²) in [6.45, 7) is 2.17. The van der Waals surface area contributed by atoms with Crippen LogP contribution >= 0.6 is 0 Å². The fourth-order valence-electron chi connectivity index (χ4n) is 2.99. The lowest BCUT2D eigenvalue weighted by Gasteiger charge is -2.26. The van der Waals surface area contributed by atoms with Gasteiger partial charge in [-0.25, -0.2) is 13.2 Å². The second kappa shape index (κ2) is 5.27. The molecule has 0 unspecified atom stereocenters. The molecular formula is C15H17NO4S. The van der Waals surface area contributed by atoms with Gasteiger partial charge in [0.2, 0.25) is 9.84 Å². The minimum atomic E-state index is -3.68. The molecule has 0 radical (unpaired) electrons. The molecule has 0 bridgehead atoms. The first kappa shape index (κ1) is 14.3. The van der Waals surface area contributed by atoms with Crippen LogP contribution in [0.2, 0.25) is 0 Å². The van der Waals surface area contributed by atoms with Gasteiger partial charge in [-0.1, -0.05) is 18.6 Å². The van der Waals surface area contributed by atoms with E-state index < -0.39 is 15.8 Å². The van der Waals surface area contributed by atoms with Gasteiger partial charge >= 0.3 is 5.97 Å². The molecule has 1 fully saturated rings. The monoisotopic (exact) mass is 307 g/mol. The highest BCUT2D eigenvalue weighted by Crippen LogP contribution is 2.36. The van der Waals surface area contributed by atoms with Crippen LogP contribution in [0.3, 0.4) is 0 Å². The van der Waals surface area contributed by atoms with E-state index in [1.165, 1.54) is 12.5 Å². The van der Waals surface area contributed by atoms with Crippen LogP contribution in [0.15, 0.2) is 28.0 Å². The number of likely N-dealkylation sites (tertiary alicyclic amines) is 1. The Morgan fingerprint density at radius 2 is 1.90 bits per heavy atom. The third-order valence-electron chi connectivity index (χ3n) is 4.03. The molecule has 0 aromatic heterocycles. The van der Waals surface area contributed by atoms with Crippen molar-refractivity contribution in [1.29, 1.82) is 0 Å². The van der Waals surface area contributed by atoms with E-state index in [0.717, 1.165) is 25.9 Å². The molecule has 5 nitrogen and oxygen atoms in total. The van der Waals surface area contributed by atoms with Crippen molar-refractivity contribution >= 4 is 21.9 Å². The summed E-state index contributed by atoms with van der Waals surface area (Å²) in [4.78, 5) is 13.6. The predicted octanol–water partition coefficient (Wildman–Crippen LogP) is 2.00. The van der Waals surface area contributed by atoms with Crippen LogP contribution in [0.5, 0.6) is 0 Å². The second-order valence-electron chi connectivity index (χ2n) is 5.48. The molecule has 1 aromatic rings. The van der Waals surface area contributed by atoms with Gasteiger partial charge in [0.05, 0.1) is 15.4 Å². The van der Waals surface area contributed by atoms with Crippen LogP contribution in [-0.2, 0) is 9.84 Å². The first-order chi connectivity index (χ1) is 10.00. The molecule has 1 N–H and O–H groups in total. The average Bonchev–Trinajstić information content (AvgIpc) is 2.71. The lowest BCUT2D eigenvalue weighted by Crippen LogP contribution is -2.32. The molecule has 0 atom stereocenters. The van der Waals surface area contributed by atoms with Crippen LogP contribution in [0, 0.1) is 0 Å². The molecular weight excluding hydrogens is 290 g/mol. The summed E-state index contributed by atoms with van der Waals surface area (Å²) >= 11 is 0. The quantitative estimate of drug-likeness (QED) is 0.924. The van der Waals surface area contributed by atoms with Gasteiger partial charge in [-0.3, -0.25) is 4.90 Å². The predicted molar refractivity (Wildman–Crippen MR) is 78.9 cm³/mol. The Kier molecular flexibility index (Phi) is 3.59. The van der Waals surface area contributed by atoms with Crippen LogP contribution in [0.1, 0.15) is 35.2 Å². The third kappa shape index (κ3) is 2.49. The fourth-order valence-corrected chi connectivity index (χ4v) is 4.77. The maximum absolute atomic E-state index is 12.6. The number of hydrogen-bond donors (Lipinski definition) is 1. The zero-order valence-corrected chi connectivity index (χ0v) is 12.4. The van der Waals surface area contributed by atoms with E-state index in [2.05, 4.69) is 4.90 Å². The number of aromatic carboxylic acids is 1. The van der Waals surface area contributed by atoms with E-state index in [4.69, 9.17) is 0 Å². The SMILES string of the molecule is O=C(O)c1cccc2c1S(=O)(=O)C(CN1CCCCC1)=C2. The number of rotatable bonds is 3. The van der Waals surface area contributed by atoms with Crippen molar-refractivity contribution in [3.8, 4) is 0 Å². The number of piperidine rings is 1. The van der Waals surface area contributed by atoms with Crippen LogP contribution in [-0.4, -0.2) is 44.0 Å². The standard InChI is InChI=1S/C15H17NO4S/c17-15(18)13-6-4-5-11-9-12(21(19,20)14(11)13)10-16-7-2-1-3-8-16/h4-6,9H,1-3,7-8,10H2,(H,17,18). The Morgan fingerprint density at radius 3 is 2.57 bits per heavy atom. The molecule has 0 spiro atoms. The lowest BCUT2D eigenvalue weighted by atomic mass is 10.1. The largest absolute Gasteiger partial charge is 0.478 e. The Morgan fingerprint density at radius 1 is 1.19 bits per heavy atom. The third-order valence-corrected chi connectivity index (χ3v) is 5.96. The summed E-state index contributed by atoms with van der Waals surface area (Å²) in [5.74, 6) is -1.21. The van der Waals surface area contributed by atoms with E-state index in [-0.39, 0.29) is 10.5 Å². The van der Waals surface area contributed by atoms with Gasteiger partial charge in [0, 0.05) is 6.54 Å². The second-order valence-corrected chi connectivity index (χ2v) is 7.42. The van der Waals surface area contributed by atoms with E-state index in [1.807, 2.05) is 0 Å². The Hall–Kier alpha value is -1.66. The van der Waals surface area contributed by atoms with Crippen LogP contribution < -0.4 is 0 Å². The zero-order valence-electron chi connectivity index (χ0n) is 11.6. The number of fused-ring (bicyclic) bond motifs is 1. The number of carboxylic acids is 1. The molecule has 1 saturated heterocycles. The van der Waals surface area contributed by atoms with Gasteiger partial charge < -0.3 is 5.11 Å². The molecule has 0 aliphatic carbocycles. The number of sulfone groups is 1. The molecule has 2 aliphatic rings. The van der Waals surface area contributed by atoms with Crippen molar-refractivity contribution < 1.29 is 18.3 Å². The molecule has 1 aromatic carbocycles. The topological polar surface area (TPSA) is 74.7 Å². The van der Waals surface area contributed by atoms with Crippen molar-refractivity contribution in [1.82, 2.24) is 4.90 Å². The fraction of sp³-hybridized carbons (Fsp3) is 0.400. The highest BCUT2D eigenvalue weighted by atomic mass is 32.2. The number of carboxylic acid groups (broad SMARTS) is 1. The Balaban J connectivity index is 1.96. The van der Waals surface area contributed by atoms with Crippen molar-refractivity contribution in [2.24, 2.45) is 0 Å². The molecule has 2 heterocycles. The van der Waals surface area contributed by atoms with Gasteiger partial charge in [0.15, 0.2) is 0 Å². The first-order valence-electron chi connectivity index (χ1n) is 7.04. The van der Waals surface area contributed by atoms with Crippen LogP contribution in [0.25, 0.3) is 6.08 Å². The van der Waals surface area contributed by atoms with Gasteiger partial charge in [-0.2, -0.15) is 0 Å². The summed E-state index contributed by atoms with van der Waals surface area (Å²) in [5, 5.41) is 9.19. The molecule has 3 rings (SSSR count). The molecule has 0 amide bonds. The molecule has 112 valence electrons. The number of nitrogens with zero attached hydrogens (tertiary/aromatic N) is 1. The normalized spacial score (nSPS) is 20.9. The summed E-state index contributed by atoms with van der Waals surface area (Å²) in [6, 6.07) is 4.58. The zero-order chi connectivity index (χ0) is 15.0. The van der Waals surface area contributed by atoms with Crippen molar-refractivity contribution in [2.45, 2.75) is 24.2 Å². The highest BCUT2D eigenvalue weighted by Gasteiger charge is 2.34. The van der Waals surface area contributed by atoms with Crippen molar-refractivity contribution in [2.75, 3.05) is 19.6 Å².